The maximum absolute atomic E-state index is 12.6. The number of fused-ring (bicyclic) bond motifs is 1. The molecule has 182 valence electrons. The highest BCUT2D eigenvalue weighted by Crippen LogP contribution is 2.30. The highest BCUT2D eigenvalue weighted by molar-refractivity contribution is 7.92. The Hall–Kier alpha value is -1.77. The van der Waals surface area contributed by atoms with Crippen molar-refractivity contribution in [1.82, 2.24) is 14.2 Å². The molecular formula is C18H26F3N3O6S2. The van der Waals surface area contributed by atoms with Gasteiger partial charge in [-0.05, 0) is 31.4 Å². The van der Waals surface area contributed by atoms with Crippen molar-refractivity contribution in [2.75, 3.05) is 31.1 Å². The highest BCUT2D eigenvalue weighted by Gasteiger charge is 2.43. The molecule has 2 saturated heterocycles. The molecule has 1 N–H and O–H groups in total. The fraction of sp³-hybridized carbons (Fsp3) is 0.667. The molecule has 3 rings (SSSR count). The summed E-state index contributed by atoms with van der Waals surface area (Å²) in [5.41, 5.74) is 1.04. The first-order chi connectivity index (χ1) is 14.8. The smallest absolute Gasteiger partial charge is 0.475 e. The molecular weight excluding hydrogens is 475 g/mol. The van der Waals surface area contributed by atoms with E-state index in [2.05, 4.69) is 9.88 Å². The van der Waals surface area contributed by atoms with Crippen molar-refractivity contribution in [3.63, 3.8) is 0 Å². The number of carboxylic acid groups (broad SMARTS) is 1. The molecule has 2 aliphatic rings. The standard InChI is InChI=1S/C16H25N3O4S2.C2HF3O2/c1-2-25(22,23)19-8-5-15-16(6-9-19)24(20,21)11-10-18(15)13-14-4-3-7-17-12-14;3-2(4,5)1(6)7/h3-4,7,12,15-16H,2,5-6,8-11,13H2,1H3;(H,6,7)/t15-,16+;/m0./s1. The third kappa shape index (κ3) is 6.86. The van der Waals surface area contributed by atoms with Gasteiger partial charge < -0.3 is 5.11 Å². The molecule has 14 heteroatoms. The number of rotatable bonds is 4. The van der Waals surface area contributed by atoms with Crippen LogP contribution in [-0.2, 0) is 31.2 Å². The number of alkyl halides is 3. The van der Waals surface area contributed by atoms with E-state index in [0.717, 1.165) is 5.56 Å². The van der Waals surface area contributed by atoms with Crippen LogP contribution in [0, 0.1) is 0 Å². The van der Waals surface area contributed by atoms with Gasteiger partial charge in [0.1, 0.15) is 0 Å². The predicted octanol–water partition coefficient (Wildman–Crippen LogP) is 1.13. The molecule has 0 aromatic carbocycles. The number of hydrogen-bond donors (Lipinski definition) is 1. The number of nitrogens with zero attached hydrogens (tertiary/aromatic N) is 3. The maximum Gasteiger partial charge on any atom is 0.490 e. The van der Waals surface area contributed by atoms with Crippen LogP contribution in [0.2, 0.25) is 0 Å². The summed E-state index contributed by atoms with van der Waals surface area (Å²) in [6.07, 6.45) is -0.659. The van der Waals surface area contributed by atoms with Gasteiger partial charge in [0.2, 0.25) is 10.0 Å². The molecule has 1 aromatic heterocycles. The highest BCUT2D eigenvalue weighted by atomic mass is 32.2. The third-order valence-electron chi connectivity index (χ3n) is 5.47. The molecule has 3 heterocycles. The van der Waals surface area contributed by atoms with Gasteiger partial charge in [0.25, 0.3) is 0 Å². The molecule has 0 bridgehead atoms. The van der Waals surface area contributed by atoms with Crippen LogP contribution in [0.15, 0.2) is 24.5 Å². The number of aromatic nitrogens is 1. The number of sulfonamides is 1. The van der Waals surface area contributed by atoms with Crippen molar-refractivity contribution in [3.05, 3.63) is 30.1 Å². The number of halogens is 3. The van der Waals surface area contributed by atoms with Crippen molar-refractivity contribution in [1.29, 1.82) is 0 Å². The Balaban J connectivity index is 0.000000451. The minimum Gasteiger partial charge on any atom is -0.475 e. The predicted molar refractivity (Wildman–Crippen MR) is 110 cm³/mol. The Labute approximate surface area is 185 Å². The SMILES string of the molecule is CCS(=O)(=O)N1CC[C@@H]2[C@H](CC1)N(Cc1cccnc1)CCS2(=O)=O.O=C(O)C(F)(F)F. The van der Waals surface area contributed by atoms with Crippen molar-refractivity contribution < 1.29 is 39.9 Å². The molecule has 2 aliphatic heterocycles. The molecule has 0 radical (unpaired) electrons. The monoisotopic (exact) mass is 501 g/mol. The Morgan fingerprint density at radius 1 is 1.25 bits per heavy atom. The zero-order valence-electron chi connectivity index (χ0n) is 17.4. The van der Waals surface area contributed by atoms with Crippen LogP contribution < -0.4 is 0 Å². The summed E-state index contributed by atoms with van der Waals surface area (Å²) in [6, 6.07) is 3.71. The lowest BCUT2D eigenvalue weighted by atomic mass is 10.1. The first-order valence-corrected chi connectivity index (χ1v) is 13.2. The van der Waals surface area contributed by atoms with Gasteiger partial charge in [-0.1, -0.05) is 6.07 Å². The van der Waals surface area contributed by atoms with E-state index in [1.54, 1.807) is 19.3 Å². The lowest BCUT2D eigenvalue weighted by molar-refractivity contribution is -0.192. The van der Waals surface area contributed by atoms with E-state index in [9.17, 15) is 30.0 Å². The minimum absolute atomic E-state index is 0.0501. The van der Waals surface area contributed by atoms with Crippen molar-refractivity contribution >= 4 is 25.8 Å². The molecule has 0 spiro atoms. The van der Waals surface area contributed by atoms with Gasteiger partial charge in [-0.25, -0.2) is 25.9 Å². The topological polar surface area (TPSA) is 125 Å². The Morgan fingerprint density at radius 2 is 1.88 bits per heavy atom. The van der Waals surface area contributed by atoms with Gasteiger partial charge in [-0.15, -0.1) is 0 Å². The van der Waals surface area contributed by atoms with Crippen molar-refractivity contribution in [2.45, 2.75) is 43.8 Å². The van der Waals surface area contributed by atoms with E-state index in [0.29, 0.717) is 32.5 Å². The summed E-state index contributed by atoms with van der Waals surface area (Å²) in [5, 5.41) is 6.63. The molecule has 2 fully saturated rings. The number of pyridine rings is 1. The average Bonchev–Trinajstić information content (AvgIpc) is 2.96. The van der Waals surface area contributed by atoms with E-state index < -0.39 is 37.3 Å². The number of carboxylic acids is 1. The van der Waals surface area contributed by atoms with E-state index >= 15 is 0 Å². The second-order valence-electron chi connectivity index (χ2n) is 7.48. The summed E-state index contributed by atoms with van der Waals surface area (Å²) in [6.45, 7) is 3.43. The quantitative estimate of drug-likeness (QED) is 0.651. The normalized spacial score (nSPS) is 24.5. The fourth-order valence-electron chi connectivity index (χ4n) is 3.82. The van der Waals surface area contributed by atoms with Crippen LogP contribution >= 0.6 is 0 Å². The van der Waals surface area contributed by atoms with Crippen LogP contribution in [-0.4, -0.2) is 90.7 Å². The van der Waals surface area contributed by atoms with Crippen LogP contribution in [0.5, 0.6) is 0 Å². The van der Waals surface area contributed by atoms with Crippen molar-refractivity contribution in [3.8, 4) is 0 Å². The Morgan fingerprint density at radius 3 is 2.41 bits per heavy atom. The lowest BCUT2D eigenvalue weighted by Gasteiger charge is -2.40. The summed E-state index contributed by atoms with van der Waals surface area (Å²) < 4.78 is 82.8. The third-order valence-corrected chi connectivity index (χ3v) is 9.57. The first kappa shape index (κ1) is 26.5. The van der Waals surface area contributed by atoms with E-state index in [1.807, 2.05) is 12.1 Å². The zero-order valence-corrected chi connectivity index (χ0v) is 19.0. The van der Waals surface area contributed by atoms with Crippen LogP contribution in [0.1, 0.15) is 25.3 Å². The Kier molecular flexibility index (Phi) is 8.64. The molecule has 2 atom stereocenters. The number of sulfone groups is 1. The van der Waals surface area contributed by atoms with Crippen LogP contribution in [0.25, 0.3) is 0 Å². The molecule has 0 amide bonds. The van der Waals surface area contributed by atoms with Crippen molar-refractivity contribution in [2.24, 2.45) is 0 Å². The van der Waals surface area contributed by atoms with Gasteiger partial charge in [0.05, 0.1) is 16.8 Å². The number of hydrogen-bond acceptors (Lipinski definition) is 7. The van der Waals surface area contributed by atoms with Gasteiger partial charge in [-0.2, -0.15) is 13.2 Å². The average molecular weight is 502 g/mol. The minimum atomic E-state index is -5.08. The van der Waals surface area contributed by atoms with Crippen LogP contribution in [0.4, 0.5) is 13.2 Å². The van der Waals surface area contributed by atoms with Gasteiger partial charge >= 0.3 is 12.1 Å². The lowest BCUT2D eigenvalue weighted by Crippen LogP contribution is -2.54. The van der Waals surface area contributed by atoms with Gasteiger partial charge in [0, 0.05) is 44.6 Å². The van der Waals surface area contributed by atoms with Gasteiger partial charge in [0.15, 0.2) is 9.84 Å². The zero-order chi connectivity index (χ0) is 24.2. The van der Waals surface area contributed by atoms with Crippen LogP contribution in [0.3, 0.4) is 0 Å². The molecule has 32 heavy (non-hydrogen) atoms. The summed E-state index contributed by atoms with van der Waals surface area (Å²) in [4.78, 5) is 15.2. The molecule has 9 nitrogen and oxygen atoms in total. The molecule has 0 aliphatic carbocycles. The first-order valence-electron chi connectivity index (χ1n) is 9.90. The van der Waals surface area contributed by atoms with E-state index in [-0.39, 0.29) is 24.1 Å². The number of carbonyl (C=O) groups is 1. The number of aliphatic carboxylic acids is 1. The molecule has 0 unspecified atom stereocenters. The Bertz CT molecular complexity index is 987. The fourth-order valence-corrected chi connectivity index (χ4v) is 6.99. The largest absolute Gasteiger partial charge is 0.490 e. The summed E-state index contributed by atoms with van der Waals surface area (Å²) in [5.74, 6) is -2.57. The maximum atomic E-state index is 12.6. The second kappa shape index (κ2) is 10.4. The second-order valence-corrected chi connectivity index (χ2v) is 12.1. The van der Waals surface area contributed by atoms with E-state index in [4.69, 9.17) is 9.90 Å². The molecule has 0 saturated carbocycles. The summed E-state index contributed by atoms with van der Waals surface area (Å²) in [7, 11) is -6.48. The molecule has 1 aromatic rings. The summed E-state index contributed by atoms with van der Waals surface area (Å²) >= 11 is 0. The van der Waals surface area contributed by atoms with E-state index in [1.165, 1.54) is 4.31 Å². The van der Waals surface area contributed by atoms with Gasteiger partial charge in [-0.3, -0.25) is 9.88 Å².